The molecule has 0 bridgehead atoms. The van der Waals surface area contributed by atoms with Crippen LogP contribution in [0.4, 0.5) is 0 Å². The van der Waals surface area contributed by atoms with E-state index in [0.29, 0.717) is 0 Å². The van der Waals surface area contributed by atoms with Gasteiger partial charge in [0.1, 0.15) is 11.0 Å². The molecule has 2 nitrogen and oxygen atoms in total. The zero-order valence-corrected chi connectivity index (χ0v) is 16.2. The van der Waals surface area contributed by atoms with Gasteiger partial charge in [-0.3, -0.25) is 0 Å². The van der Waals surface area contributed by atoms with E-state index in [2.05, 4.69) is 34.7 Å². The smallest absolute Gasteiger partial charge is 0.145 e. The first kappa shape index (κ1) is 18.3. The third-order valence-corrected chi connectivity index (χ3v) is 5.43. The van der Waals surface area contributed by atoms with Gasteiger partial charge in [0.05, 0.1) is 10.5 Å². The molecule has 132 valence electrons. The number of nitrogens with zero attached hydrogens (tertiary/aromatic N) is 1. The Morgan fingerprint density at radius 1 is 0.885 bits per heavy atom. The molecule has 0 heterocycles. The van der Waals surface area contributed by atoms with E-state index < -0.39 is 15.7 Å². The molecule has 0 aliphatic rings. The summed E-state index contributed by atoms with van der Waals surface area (Å²) in [5.74, 6) is 0. The summed E-state index contributed by atoms with van der Waals surface area (Å²) in [4.78, 5) is 0. The highest BCUT2D eigenvalue weighted by Crippen LogP contribution is 2.20. The lowest BCUT2D eigenvalue weighted by molar-refractivity contribution is 0.650. The fourth-order valence-corrected chi connectivity index (χ4v) is 3.20. The summed E-state index contributed by atoms with van der Waals surface area (Å²) in [6, 6.07) is 24.4. The number of rotatable bonds is 4. The average Bonchev–Trinajstić information content (AvgIpc) is 2.65. The number of hydrogen-bond acceptors (Lipinski definition) is 1. The molecule has 0 aliphatic heterocycles. The third kappa shape index (κ3) is 4.36. The standard InChI is InChI=1S/C23H23NOS/c1-23(2,3)26(25)24-22(20-11-5-4-6-12-20)17-16-19-14-9-13-18-10-7-8-15-21(18)19/h4-17H,1-3H3/b17-16+,24-22+/t26-/m1/s1. The van der Waals surface area contributed by atoms with Gasteiger partial charge in [0, 0.05) is 5.56 Å². The number of allylic oxidation sites excluding steroid dienone is 1. The molecular weight excluding hydrogens is 338 g/mol. The maximum Gasteiger partial charge on any atom is 0.145 e. The predicted octanol–water partition coefficient (Wildman–Crippen LogP) is 5.80. The normalized spacial score (nSPS) is 14.0. The summed E-state index contributed by atoms with van der Waals surface area (Å²) in [6.45, 7) is 5.80. The Balaban J connectivity index is 2.04. The summed E-state index contributed by atoms with van der Waals surface area (Å²) in [6.07, 6.45) is 4.01. The van der Waals surface area contributed by atoms with Crippen molar-refractivity contribution in [2.45, 2.75) is 25.5 Å². The molecule has 0 amide bonds. The minimum absolute atomic E-state index is 0.396. The Labute approximate surface area is 157 Å². The lowest BCUT2D eigenvalue weighted by atomic mass is 10.0. The second kappa shape index (κ2) is 7.79. The molecular formula is C23H23NOS. The highest BCUT2D eigenvalue weighted by Gasteiger charge is 2.19. The van der Waals surface area contributed by atoms with Crippen LogP contribution < -0.4 is 0 Å². The van der Waals surface area contributed by atoms with Crippen LogP contribution in [-0.2, 0) is 11.0 Å². The Hall–Kier alpha value is -2.52. The summed E-state index contributed by atoms with van der Waals surface area (Å²) in [5.41, 5.74) is 2.81. The number of fused-ring (bicyclic) bond motifs is 1. The Bertz CT molecular complexity index is 977. The van der Waals surface area contributed by atoms with Crippen molar-refractivity contribution in [2.24, 2.45) is 4.40 Å². The van der Waals surface area contributed by atoms with Crippen molar-refractivity contribution in [3.05, 3.63) is 90.0 Å². The summed E-state index contributed by atoms with van der Waals surface area (Å²) in [5, 5.41) is 2.39. The number of benzene rings is 3. The molecule has 3 aromatic carbocycles. The van der Waals surface area contributed by atoms with Crippen LogP contribution in [0.3, 0.4) is 0 Å². The zero-order chi connectivity index (χ0) is 18.6. The van der Waals surface area contributed by atoms with E-state index in [1.54, 1.807) is 0 Å². The molecule has 0 aliphatic carbocycles. The molecule has 0 saturated heterocycles. The molecule has 0 fully saturated rings. The average molecular weight is 362 g/mol. The highest BCUT2D eigenvalue weighted by atomic mass is 32.2. The molecule has 0 radical (unpaired) electrons. The van der Waals surface area contributed by atoms with Gasteiger partial charge in [0.25, 0.3) is 0 Å². The molecule has 26 heavy (non-hydrogen) atoms. The molecule has 3 aromatic rings. The van der Waals surface area contributed by atoms with E-state index in [1.807, 2.05) is 75.4 Å². The SMILES string of the molecule is CC(C)(C)[S@@](=O)/N=C(\C=C\c1cccc2ccccc12)c1ccccc1. The Morgan fingerprint density at radius 3 is 2.27 bits per heavy atom. The van der Waals surface area contributed by atoms with Crippen LogP contribution in [0.25, 0.3) is 16.8 Å². The monoisotopic (exact) mass is 361 g/mol. The second-order valence-corrected chi connectivity index (χ2v) is 9.01. The van der Waals surface area contributed by atoms with E-state index in [4.69, 9.17) is 0 Å². The molecule has 0 aromatic heterocycles. The highest BCUT2D eigenvalue weighted by molar-refractivity contribution is 7.85. The second-order valence-electron chi connectivity index (χ2n) is 7.11. The first-order valence-corrected chi connectivity index (χ1v) is 9.78. The quantitative estimate of drug-likeness (QED) is 0.540. The van der Waals surface area contributed by atoms with Crippen LogP contribution >= 0.6 is 0 Å². The van der Waals surface area contributed by atoms with Crippen LogP contribution in [0.2, 0.25) is 0 Å². The van der Waals surface area contributed by atoms with Crippen LogP contribution in [0.15, 0.2) is 83.3 Å². The van der Waals surface area contributed by atoms with Gasteiger partial charge < -0.3 is 0 Å². The van der Waals surface area contributed by atoms with Crippen LogP contribution in [0.1, 0.15) is 31.9 Å². The van der Waals surface area contributed by atoms with Crippen LogP contribution in [0.5, 0.6) is 0 Å². The predicted molar refractivity (Wildman–Crippen MR) is 114 cm³/mol. The van der Waals surface area contributed by atoms with Gasteiger partial charge in [-0.15, -0.1) is 0 Å². The Morgan fingerprint density at radius 2 is 1.54 bits per heavy atom. The topological polar surface area (TPSA) is 29.4 Å². The van der Waals surface area contributed by atoms with Gasteiger partial charge in [-0.2, -0.15) is 4.40 Å². The minimum Gasteiger partial charge on any atom is -0.234 e. The molecule has 0 N–H and O–H groups in total. The van der Waals surface area contributed by atoms with Gasteiger partial charge in [0.15, 0.2) is 0 Å². The molecule has 0 unspecified atom stereocenters. The van der Waals surface area contributed by atoms with E-state index in [1.165, 1.54) is 10.8 Å². The lowest BCUT2D eigenvalue weighted by Gasteiger charge is -2.14. The zero-order valence-electron chi connectivity index (χ0n) is 15.3. The molecule has 0 saturated carbocycles. The van der Waals surface area contributed by atoms with Crippen molar-refractivity contribution in [3.8, 4) is 0 Å². The van der Waals surface area contributed by atoms with Gasteiger partial charge in [-0.1, -0.05) is 78.9 Å². The largest absolute Gasteiger partial charge is 0.234 e. The minimum atomic E-state index is -1.32. The van der Waals surface area contributed by atoms with Gasteiger partial charge in [-0.25, -0.2) is 4.21 Å². The van der Waals surface area contributed by atoms with Gasteiger partial charge in [-0.05, 0) is 43.2 Å². The van der Waals surface area contributed by atoms with E-state index >= 15 is 0 Å². The first-order valence-electron chi connectivity index (χ1n) is 8.67. The van der Waals surface area contributed by atoms with Crippen molar-refractivity contribution in [1.29, 1.82) is 0 Å². The molecule has 3 rings (SSSR count). The maximum atomic E-state index is 12.6. The fraction of sp³-hybridized carbons (Fsp3) is 0.174. The van der Waals surface area contributed by atoms with Crippen molar-refractivity contribution >= 4 is 33.5 Å². The van der Waals surface area contributed by atoms with Crippen molar-refractivity contribution in [3.63, 3.8) is 0 Å². The number of hydrogen-bond donors (Lipinski definition) is 0. The first-order chi connectivity index (χ1) is 12.4. The fourth-order valence-electron chi connectivity index (χ4n) is 2.58. The maximum absolute atomic E-state index is 12.6. The van der Waals surface area contributed by atoms with E-state index in [0.717, 1.165) is 16.8 Å². The van der Waals surface area contributed by atoms with Crippen LogP contribution in [-0.4, -0.2) is 14.7 Å². The van der Waals surface area contributed by atoms with Crippen molar-refractivity contribution < 1.29 is 4.21 Å². The van der Waals surface area contributed by atoms with Gasteiger partial charge >= 0.3 is 0 Å². The van der Waals surface area contributed by atoms with Gasteiger partial charge in [0.2, 0.25) is 0 Å². The molecule has 3 heteroatoms. The van der Waals surface area contributed by atoms with E-state index in [9.17, 15) is 4.21 Å². The van der Waals surface area contributed by atoms with E-state index in [-0.39, 0.29) is 0 Å². The van der Waals surface area contributed by atoms with Crippen molar-refractivity contribution in [2.75, 3.05) is 0 Å². The molecule has 0 spiro atoms. The lowest BCUT2D eigenvalue weighted by Crippen LogP contribution is -2.20. The molecule has 1 atom stereocenters. The summed E-state index contributed by atoms with van der Waals surface area (Å²) < 4.78 is 16.7. The van der Waals surface area contributed by atoms with Crippen LogP contribution in [0, 0.1) is 0 Å². The third-order valence-electron chi connectivity index (χ3n) is 4.02. The van der Waals surface area contributed by atoms with Crippen molar-refractivity contribution in [1.82, 2.24) is 0 Å². The Kier molecular flexibility index (Phi) is 5.48. The summed E-state index contributed by atoms with van der Waals surface area (Å²) in [7, 11) is -1.32. The summed E-state index contributed by atoms with van der Waals surface area (Å²) >= 11 is 0.